The van der Waals surface area contributed by atoms with Gasteiger partial charge in [-0.05, 0) is 19.1 Å². The third-order valence-corrected chi connectivity index (χ3v) is 3.05. The van der Waals surface area contributed by atoms with Crippen LogP contribution >= 0.6 is 0 Å². The molecule has 0 fully saturated rings. The molecule has 2 rings (SSSR count). The summed E-state index contributed by atoms with van der Waals surface area (Å²) in [7, 11) is 0. The van der Waals surface area contributed by atoms with Gasteiger partial charge in [0.1, 0.15) is 6.26 Å². The molecule has 0 aliphatic carbocycles. The lowest BCUT2D eigenvalue weighted by Gasteiger charge is -2.18. The largest absolute Gasteiger partial charge is 0.444 e. The summed E-state index contributed by atoms with van der Waals surface area (Å²) in [6, 6.07) is 7.70. The fourth-order valence-corrected chi connectivity index (χ4v) is 2.01. The fraction of sp³-hybridized carbons (Fsp3) is 0.400. The maximum Gasteiger partial charge on any atom is 0.251 e. The zero-order valence-electron chi connectivity index (χ0n) is 11.8. The predicted molar refractivity (Wildman–Crippen MR) is 75.0 cm³/mol. The van der Waals surface area contributed by atoms with E-state index in [0.717, 1.165) is 11.1 Å². The van der Waals surface area contributed by atoms with Crippen LogP contribution in [0.15, 0.2) is 34.9 Å². The predicted octanol–water partition coefficient (Wildman–Crippen LogP) is 2.71. The molecule has 0 unspecified atom stereocenters. The zero-order valence-corrected chi connectivity index (χ0v) is 11.8. The molecule has 0 aliphatic rings. The summed E-state index contributed by atoms with van der Waals surface area (Å²) >= 11 is 0. The van der Waals surface area contributed by atoms with E-state index in [-0.39, 0.29) is 19.7 Å². The first-order valence-corrected chi connectivity index (χ1v) is 6.71. The van der Waals surface area contributed by atoms with Crippen molar-refractivity contribution in [1.29, 1.82) is 0 Å². The standard InChI is InChI=1S/C15H18F2N2O2/c1-11-2-4-12(5-3-11)15-18-13(10-21-15)8-19(6-7-20)9-14(16)17/h2-5,10,14,20H,6-9H2,1H3. The Morgan fingerprint density at radius 2 is 2.00 bits per heavy atom. The maximum atomic E-state index is 12.5. The lowest BCUT2D eigenvalue weighted by atomic mass is 10.1. The van der Waals surface area contributed by atoms with E-state index in [0.29, 0.717) is 11.6 Å². The lowest BCUT2D eigenvalue weighted by molar-refractivity contribution is 0.0740. The Labute approximate surface area is 122 Å². The number of benzene rings is 1. The molecular weight excluding hydrogens is 278 g/mol. The van der Waals surface area contributed by atoms with Crippen molar-refractivity contribution < 1.29 is 18.3 Å². The maximum absolute atomic E-state index is 12.5. The van der Waals surface area contributed by atoms with Crippen molar-refractivity contribution in [3.8, 4) is 11.5 Å². The number of aliphatic hydroxyl groups excluding tert-OH is 1. The fourth-order valence-electron chi connectivity index (χ4n) is 2.01. The van der Waals surface area contributed by atoms with Crippen molar-refractivity contribution in [2.75, 3.05) is 19.7 Å². The molecule has 0 amide bonds. The molecule has 114 valence electrons. The lowest BCUT2D eigenvalue weighted by Crippen LogP contribution is -2.31. The Bertz CT molecular complexity index is 555. The number of aromatic nitrogens is 1. The highest BCUT2D eigenvalue weighted by molar-refractivity contribution is 5.53. The van der Waals surface area contributed by atoms with Gasteiger partial charge in [-0.15, -0.1) is 0 Å². The van der Waals surface area contributed by atoms with E-state index in [2.05, 4.69) is 4.98 Å². The minimum absolute atomic E-state index is 0.171. The topological polar surface area (TPSA) is 49.5 Å². The minimum atomic E-state index is -2.44. The molecule has 0 bridgehead atoms. The van der Waals surface area contributed by atoms with E-state index in [4.69, 9.17) is 9.52 Å². The second-order valence-corrected chi connectivity index (χ2v) is 4.86. The van der Waals surface area contributed by atoms with Gasteiger partial charge in [0.2, 0.25) is 5.89 Å². The number of halogens is 2. The van der Waals surface area contributed by atoms with Gasteiger partial charge in [-0.2, -0.15) is 0 Å². The molecule has 0 saturated carbocycles. The van der Waals surface area contributed by atoms with Gasteiger partial charge < -0.3 is 9.52 Å². The van der Waals surface area contributed by atoms with Gasteiger partial charge in [0.05, 0.1) is 18.8 Å². The van der Waals surface area contributed by atoms with Gasteiger partial charge in [-0.3, -0.25) is 4.90 Å². The number of hydrogen-bond donors (Lipinski definition) is 1. The van der Waals surface area contributed by atoms with Crippen LogP contribution in [0.1, 0.15) is 11.3 Å². The average Bonchev–Trinajstić information content (AvgIpc) is 2.87. The Morgan fingerprint density at radius 1 is 1.29 bits per heavy atom. The highest BCUT2D eigenvalue weighted by Gasteiger charge is 2.14. The number of aliphatic hydroxyl groups is 1. The number of rotatable bonds is 7. The first kappa shape index (κ1) is 15.6. The molecule has 0 aliphatic heterocycles. The Morgan fingerprint density at radius 3 is 2.62 bits per heavy atom. The molecule has 0 saturated heterocycles. The molecule has 1 heterocycles. The zero-order chi connectivity index (χ0) is 15.2. The number of alkyl halides is 2. The van der Waals surface area contributed by atoms with Gasteiger partial charge >= 0.3 is 0 Å². The number of nitrogens with zero attached hydrogens (tertiary/aromatic N) is 2. The first-order valence-electron chi connectivity index (χ1n) is 6.71. The van der Waals surface area contributed by atoms with Crippen molar-refractivity contribution in [2.24, 2.45) is 0 Å². The van der Waals surface area contributed by atoms with Crippen LogP contribution in [0.4, 0.5) is 8.78 Å². The smallest absolute Gasteiger partial charge is 0.251 e. The van der Waals surface area contributed by atoms with Crippen LogP contribution in [-0.2, 0) is 6.54 Å². The summed E-state index contributed by atoms with van der Waals surface area (Å²) in [5.41, 5.74) is 2.55. The van der Waals surface area contributed by atoms with Crippen molar-refractivity contribution in [2.45, 2.75) is 19.9 Å². The summed E-state index contributed by atoms with van der Waals surface area (Å²) in [6.45, 7) is 1.82. The van der Waals surface area contributed by atoms with Crippen molar-refractivity contribution in [1.82, 2.24) is 9.88 Å². The first-order chi connectivity index (χ1) is 10.1. The third-order valence-electron chi connectivity index (χ3n) is 3.05. The number of oxazole rings is 1. The van der Waals surface area contributed by atoms with E-state index in [9.17, 15) is 8.78 Å². The van der Waals surface area contributed by atoms with Gasteiger partial charge in [-0.25, -0.2) is 13.8 Å². The second kappa shape index (κ2) is 7.28. The number of aryl methyl sites for hydroxylation is 1. The molecule has 21 heavy (non-hydrogen) atoms. The van der Waals surface area contributed by atoms with E-state index >= 15 is 0 Å². The summed E-state index contributed by atoms with van der Waals surface area (Å²) in [5, 5.41) is 8.91. The minimum Gasteiger partial charge on any atom is -0.444 e. The van der Waals surface area contributed by atoms with Crippen LogP contribution in [0.3, 0.4) is 0 Å². The molecule has 0 radical (unpaired) electrons. The van der Waals surface area contributed by atoms with Gasteiger partial charge in [0.25, 0.3) is 6.43 Å². The van der Waals surface area contributed by atoms with Crippen LogP contribution in [-0.4, -0.2) is 41.1 Å². The molecule has 4 nitrogen and oxygen atoms in total. The summed E-state index contributed by atoms with van der Waals surface area (Å²) in [5.74, 6) is 0.464. The van der Waals surface area contributed by atoms with E-state index in [1.54, 1.807) is 0 Å². The molecule has 6 heteroatoms. The Kier molecular flexibility index (Phi) is 5.41. The Hall–Kier alpha value is -1.79. The number of hydrogen-bond acceptors (Lipinski definition) is 4. The van der Waals surface area contributed by atoms with Crippen LogP contribution in [0, 0.1) is 6.92 Å². The summed E-state index contributed by atoms with van der Waals surface area (Å²) in [4.78, 5) is 5.75. The molecule has 0 atom stereocenters. The molecule has 1 aromatic carbocycles. The highest BCUT2D eigenvalue weighted by atomic mass is 19.3. The van der Waals surface area contributed by atoms with Gasteiger partial charge in [-0.1, -0.05) is 17.7 Å². The third kappa shape index (κ3) is 4.61. The highest BCUT2D eigenvalue weighted by Crippen LogP contribution is 2.19. The van der Waals surface area contributed by atoms with Crippen LogP contribution in [0.2, 0.25) is 0 Å². The summed E-state index contributed by atoms with van der Waals surface area (Å²) < 4.78 is 30.3. The van der Waals surface area contributed by atoms with Crippen LogP contribution in [0.5, 0.6) is 0 Å². The average molecular weight is 296 g/mol. The molecule has 0 spiro atoms. The van der Waals surface area contributed by atoms with Crippen LogP contribution < -0.4 is 0 Å². The molecular formula is C15H18F2N2O2. The van der Waals surface area contributed by atoms with Crippen molar-refractivity contribution in [3.05, 3.63) is 41.8 Å². The van der Waals surface area contributed by atoms with Crippen LogP contribution in [0.25, 0.3) is 11.5 Å². The van der Waals surface area contributed by atoms with Gasteiger partial charge in [0, 0.05) is 18.7 Å². The second-order valence-electron chi connectivity index (χ2n) is 4.86. The summed E-state index contributed by atoms with van der Waals surface area (Å²) in [6.07, 6.45) is -0.981. The molecule has 1 aromatic heterocycles. The van der Waals surface area contributed by atoms with E-state index in [1.165, 1.54) is 11.2 Å². The van der Waals surface area contributed by atoms with Crippen molar-refractivity contribution in [3.63, 3.8) is 0 Å². The molecule has 1 N–H and O–H groups in total. The van der Waals surface area contributed by atoms with E-state index < -0.39 is 13.0 Å². The SMILES string of the molecule is Cc1ccc(-c2nc(CN(CCO)CC(F)F)co2)cc1. The van der Waals surface area contributed by atoms with E-state index in [1.807, 2.05) is 31.2 Å². The quantitative estimate of drug-likeness (QED) is 0.853. The Balaban J connectivity index is 2.06. The normalized spacial score (nSPS) is 11.5. The van der Waals surface area contributed by atoms with Crippen molar-refractivity contribution >= 4 is 0 Å². The van der Waals surface area contributed by atoms with Gasteiger partial charge in [0.15, 0.2) is 0 Å². The molecule has 2 aromatic rings. The monoisotopic (exact) mass is 296 g/mol.